The smallest absolute Gasteiger partial charge is 0.328 e. The first-order chi connectivity index (χ1) is 16.4. The van der Waals surface area contributed by atoms with Crippen molar-refractivity contribution in [3.8, 4) is 0 Å². The van der Waals surface area contributed by atoms with E-state index < -0.39 is 0 Å². The van der Waals surface area contributed by atoms with Gasteiger partial charge in [-0.1, -0.05) is 30.3 Å². The van der Waals surface area contributed by atoms with E-state index in [1.165, 1.54) is 0 Å². The van der Waals surface area contributed by atoms with E-state index in [1.807, 2.05) is 36.4 Å². The summed E-state index contributed by atoms with van der Waals surface area (Å²) in [6.45, 7) is 3.05. The molecule has 0 radical (unpaired) electrons. The van der Waals surface area contributed by atoms with Gasteiger partial charge in [-0.2, -0.15) is 0 Å². The van der Waals surface area contributed by atoms with Gasteiger partial charge < -0.3 is 14.8 Å². The van der Waals surface area contributed by atoms with Crippen molar-refractivity contribution in [3.63, 3.8) is 0 Å². The average Bonchev–Trinajstić information content (AvgIpc) is 3.40. The van der Waals surface area contributed by atoms with Crippen molar-refractivity contribution >= 4 is 22.6 Å². The molecule has 0 bridgehead atoms. The molecule has 2 fully saturated rings. The van der Waals surface area contributed by atoms with Gasteiger partial charge in [0.2, 0.25) is 5.91 Å². The Morgan fingerprint density at radius 3 is 2.68 bits per heavy atom. The first-order valence-corrected chi connectivity index (χ1v) is 11.9. The lowest BCUT2D eigenvalue weighted by atomic mass is 9.85. The van der Waals surface area contributed by atoms with Gasteiger partial charge in [-0.05, 0) is 43.0 Å². The number of rotatable bonds is 6. The lowest BCUT2D eigenvalue weighted by Gasteiger charge is -2.44. The van der Waals surface area contributed by atoms with Crippen LogP contribution in [0.5, 0.6) is 0 Å². The second-order valence-electron chi connectivity index (χ2n) is 9.44. The van der Waals surface area contributed by atoms with Gasteiger partial charge >= 0.3 is 5.69 Å². The van der Waals surface area contributed by atoms with Gasteiger partial charge in [0.25, 0.3) is 0 Å². The van der Waals surface area contributed by atoms with Crippen molar-refractivity contribution in [2.75, 3.05) is 31.6 Å². The normalized spacial score (nSPS) is 23.1. The van der Waals surface area contributed by atoms with Crippen LogP contribution in [0.1, 0.15) is 24.8 Å². The molecule has 2 atom stereocenters. The maximum Gasteiger partial charge on any atom is 0.328 e. The number of imidazole rings is 1. The highest BCUT2D eigenvalue weighted by atomic mass is 16.6. The van der Waals surface area contributed by atoms with E-state index in [4.69, 9.17) is 9.47 Å². The van der Waals surface area contributed by atoms with Gasteiger partial charge in [-0.3, -0.25) is 18.8 Å². The Morgan fingerprint density at radius 2 is 1.91 bits per heavy atom. The molecule has 5 rings (SSSR count). The highest BCUT2D eigenvalue weighted by molar-refractivity contribution is 5.94. The maximum atomic E-state index is 12.9. The van der Waals surface area contributed by atoms with Crippen LogP contribution in [0.25, 0.3) is 11.0 Å². The van der Waals surface area contributed by atoms with Crippen LogP contribution < -0.4 is 11.0 Å². The van der Waals surface area contributed by atoms with Crippen molar-refractivity contribution < 1.29 is 14.3 Å². The van der Waals surface area contributed by atoms with E-state index in [0.29, 0.717) is 18.8 Å². The summed E-state index contributed by atoms with van der Waals surface area (Å²) in [5, 5.41) is 2.99. The number of carbonyl (C=O) groups is 1. The number of nitrogens with zero attached hydrogens (tertiary/aromatic N) is 3. The van der Waals surface area contributed by atoms with Gasteiger partial charge in [0, 0.05) is 39.5 Å². The number of carbonyl (C=O) groups excluding carboxylic acids is 1. The third-order valence-corrected chi connectivity index (χ3v) is 7.21. The van der Waals surface area contributed by atoms with E-state index in [-0.39, 0.29) is 29.8 Å². The number of nitrogens with one attached hydrogen (secondary N) is 1. The van der Waals surface area contributed by atoms with Crippen molar-refractivity contribution in [1.82, 2.24) is 14.0 Å². The van der Waals surface area contributed by atoms with Crippen LogP contribution in [0.4, 0.5) is 5.69 Å². The molecule has 0 saturated carbocycles. The first kappa shape index (κ1) is 22.8. The quantitative estimate of drug-likeness (QED) is 0.607. The number of ether oxygens (including phenoxy) is 2. The maximum absolute atomic E-state index is 12.9. The van der Waals surface area contributed by atoms with E-state index in [1.54, 1.807) is 23.2 Å². The Labute approximate surface area is 199 Å². The molecule has 1 amide bonds. The first-order valence-electron chi connectivity index (χ1n) is 11.9. The second-order valence-corrected chi connectivity index (χ2v) is 9.44. The van der Waals surface area contributed by atoms with Crippen molar-refractivity contribution in [1.29, 1.82) is 0 Å². The molecule has 3 aromatic rings. The Kier molecular flexibility index (Phi) is 6.29. The molecule has 2 unspecified atom stereocenters. The molecule has 3 heterocycles. The highest BCUT2D eigenvalue weighted by Gasteiger charge is 2.47. The van der Waals surface area contributed by atoms with E-state index in [2.05, 4.69) is 22.3 Å². The minimum absolute atomic E-state index is 0.0769. The number of aryl methyl sites for hydroxylation is 2. The molecule has 2 aliphatic heterocycles. The number of hydrogen-bond donors (Lipinski definition) is 1. The van der Waals surface area contributed by atoms with Gasteiger partial charge in [-0.25, -0.2) is 4.79 Å². The predicted octanol–water partition coefficient (Wildman–Crippen LogP) is 2.66. The van der Waals surface area contributed by atoms with E-state index >= 15 is 0 Å². The summed E-state index contributed by atoms with van der Waals surface area (Å²) in [5.41, 5.74) is 3.11. The Hall–Kier alpha value is -2.94. The van der Waals surface area contributed by atoms with Crippen LogP contribution in [0.2, 0.25) is 0 Å². The lowest BCUT2D eigenvalue weighted by molar-refractivity contribution is -0.159. The summed E-state index contributed by atoms with van der Waals surface area (Å²) in [7, 11) is 3.48. The van der Waals surface area contributed by atoms with Gasteiger partial charge in [-0.15, -0.1) is 0 Å². The zero-order chi connectivity index (χ0) is 23.7. The average molecular weight is 465 g/mol. The Morgan fingerprint density at radius 1 is 1.12 bits per heavy atom. The summed E-state index contributed by atoms with van der Waals surface area (Å²) in [5.74, 6) is -0.0784. The third-order valence-electron chi connectivity index (χ3n) is 7.21. The van der Waals surface area contributed by atoms with Crippen LogP contribution in [0, 0.1) is 0 Å². The number of benzene rings is 2. The number of aromatic nitrogens is 2. The Bertz CT molecular complexity index is 1230. The standard InChI is InChI=1S/C26H32N4O4/c1-28-21-10-9-20(15-22(21)29(2)25(28)32)27-24(31)17-30-13-12-26(11-6-14-34-26)23(16-30)33-18-19-7-4-3-5-8-19/h3-5,7-10,15,23H,6,11-14,16-18H2,1-2H3,(H,27,31). The summed E-state index contributed by atoms with van der Waals surface area (Å²) >= 11 is 0. The second kappa shape index (κ2) is 9.37. The monoisotopic (exact) mass is 464 g/mol. The molecule has 2 aromatic carbocycles. The molecule has 2 saturated heterocycles. The van der Waals surface area contributed by atoms with E-state index in [0.717, 1.165) is 49.0 Å². The molecule has 34 heavy (non-hydrogen) atoms. The Balaban J connectivity index is 1.24. The zero-order valence-corrected chi connectivity index (χ0v) is 19.8. The minimum Gasteiger partial charge on any atom is -0.372 e. The number of piperidine rings is 1. The number of likely N-dealkylation sites (tertiary alicyclic amines) is 1. The number of amides is 1. The van der Waals surface area contributed by atoms with Gasteiger partial charge in [0.15, 0.2) is 0 Å². The fourth-order valence-electron chi connectivity index (χ4n) is 5.28. The number of fused-ring (bicyclic) bond motifs is 1. The molecule has 8 nitrogen and oxygen atoms in total. The van der Waals surface area contributed by atoms with Gasteiger partial charge in [0.05, 0.1) is 35.9 Å². The topological polar surface area (TPSA) is 77.7 Å². The molecule has 1 N–H and O–H groups in total. The third kappa shape index (κ3) is 4.41. The predicted molar refractivity (Wildman–Crippen MR) is 131 cm³/mol. The highest BCUT2D eigenvalue weighted by Crippen LogP contribution is 2.38. The molecular formula is C26H32N4O4. The summed E-state index contributed by atoms with van der Waals surface area (Å²) < 4.78 is 15.8. The minimum atomic E-state index is -0.245. The number of anilines is 1. The van der Waals surface area contributed by atoms with Gasteiger partial charge in [0.1, 0.15) is 0 Å². The molecule has 8 heteroatoms. The summed E-state index contributed by atoms with van der Waals surface area (Å²) in [6, 6.07) is 15.7. The molecular weight excluding hydrogens is 432 g/mol. The van der Waals surface area contributed by atoms with Crippen molar-refractivity contribution in [2.24, 2.45) is 14.1 Å². The molecule has 1 aromatic heterocycles. The largest absolute Gasteiger partial charge is 0.372 e. The zero-order valence-electron chi connectivity index (χ0n) is 19.8. The van der Waals surface area contributed by atoms with Crippen LogP contribution in [-0.2, 0) is 35.0 Å². The molecule has 0 aliphatic carbocycles. The molecule has 2 aliphatic rings. The fourth-order valence-corrected chi connectivity index (χ4v) is 5.28. The summed E-state index contributed by atoms with van der Waals surface area (Å²) in [4.78, 5) is 27.2. The summed E-state index contributed by atoms with van der Waals surface area (Å²) in [6.07, 6.45) is 2.84. The van der Waals surface area contributed by atoms with Crippen LogP contribution in [0.3, 0.4) is 0 Å². The van der Waals surface area contributed by atoms with Crippen molar-refractivity contribution in [2.45, 2.75) is 37.6 Å². The van der Waals surface area contributed by atoms with E-state index in [9.17, 15) is 9.59 Å². The van der Waals surface area contributed by atoms with Crippen molar-refractivity contribution in [3.05, 3.63) is 64.6 Å². The van der Waals surface area contributed by atoms with Crippen LogP contribution >= 0.6 is 0 Å². The number of hydrogen-bond acceptors (Lipinski definition) is 5. The SMILES string of the molecule is Cn1c(=O)n(C)c2cc(NC(=O)CN3CCC4(CCCO4)C(OCc4ccccc4)C3)ccc21. The molecule has 180 valence electrons. The van der Waals surface area contributed by atoms with Crippen LogP contribution in [0.15, 0.2) is 53.3 Å². The lowest BCUT2D eigenvalue weighted by Crippen LogP contribution is -2.57. The molecule has 1 spiro atoms. The fraction of sp³-hybridized carbons (Fsp3) is 0.462. The van der Waals surface area contributed by atoms with Crippen LogP contribution in [-0.4, -0.2) is 57.9 Å².